The molecule has 2 heterocycles. The number of pyridine rings is 1. The van der Waals surface area contributed by atoms with Gasteiger partial charge in [-0.15, -0.1) is 6.42 Å². The molecule has 0 saturated heterocycles. The molecule has 0 unspecified atom stereocenters. The monoisotopic (exact) mass is 569 g/mol. The van der Waals surface area contributed by atoms with Crippen molar-refractivity contribution in [2.75, 3.05) is 38.3 Å². The van der Waals surface area contributed by atoms with Crippen LogP contribution in [-0.4, -0.2) is 42.7 Å². The maximum absolute atomic E-state index is 12.5. The summed E-state index contributed by atoms with van der Waals surface area (Å²) in [4.78, 5) is 12.5. The minimum absolute atomic E-state index is 0.0655. The molecule has 8 nitrogen and oxygen atoms in total. The topological polar surface area (TPSA) is 87.8 Å². The summed E-state index contributed by atoms with van der Waals surface area (Å²) in [5.74, 6) is 4.93. The molecule has 8 heteroatoms. The average Bonchev–Trinajstić information content (AvgIpc) is 3.34. The van der Waals surface area contributed by atoms with Gasteiger partial charge in [0.05, 0.1) is 32.0 Å². The quantitative estimate of drug-likeness (QED) is 0.119. The van der Waals surface area contributed by atoms with Crippen molar-refractivity contribution in [3.8, 4) is 35.0 Å². The average molecular weight is 570 g/mol. The molecule has 0 aliphatic heterocycles. The molecule has 0 aliphatic carbocycles. The number of terminal acetylenes is 1. The van der Waals surface area contributed by atoms with Crippen molar-refractivity contribution in [2.45, 2.75) is 46.1 Å². The number of benzene rings is 2. The lowest BCUT2D eigenvalue weighted by Gasteiger charge is -2.11. The zero-order valence-electron chi connectivity index (χ0n) is 24.4. The summed E-state index contributed by atoms with van der Waals surface area (Å²) in [5, 5.41) is 7.16. The van der Waals surface area contributed by atoms with Crippen molar-refractivity contribution in [1.82, 2.24) is 9.72 Å². The highest BCUT2D eigenvalue weighted by molar-refractivity contribution is 5.66. The Labute approximate surface area is 247 Å². The highest BCUT2D eigenvalue weighted by atomic mass is 16.5. The summed E-state index contributed by atoms with van der Waals surface area (Å²) in [7, 11) is 0. The molecule has 42 heavy (non-hydrogen) atoms. The number of rotatable bonds is 17. The first kappa shape index (κ1) is 30.5. The molecule has 2 aromatic carbocycles. The number of nitrogens with zero attached hydrogens (tertiary/aromatic N) is 2. The van der Waals surface area contributed by atoms with Crippen LogP contribution in [0, 0.1) is 26.2 Å². The molecule has 0 aliphatic rings. The maximum Gasteiger partial charge on any atom is 0.250 e. The van der Waals surface area contributed by atoms with Gasteiger partial charge >= 0.3 is 0 Å². The van der Waals surface area contributed by atoms with Gasteiger partial charge in [0.25, 0.3) is 5.56 Å². The number of anilines is 1. The van der Waals surface area contributed by atoms with Crippen molar-refractivity contribution < 1.29 is 18.7 Å². The number of hydrogen-bond acceptors (Lipinski definition) is 7. The van der Waals surface area contributed by atoms with Gasteiger partial charge in [0.15, 0.2) is 0 Å². The molecular formula is C34H39N3O5. The fourth-order valence-corrected chi connectivity index (χ4v) is 4.54. The smallest absolute Gasteiger partial charge is 0.250 e. The first-order valence-electron chi connectivity index (χ1n) is 14.4. The Kier molecular flexibility index (Phi) is 11.7. The number of unbranched alkanes of at least 4 members (excludes halogenated alkanes) is 2. The van der Waals surface area contributed by atoms with E-state index in [0.29, 0.717) is 32.9 Å². The van der Waals surface area contributed by atoms with E-state index in [1.54, 1.807) is 10.6 Å². The van der Waals surface area contributed by atoms with E-state index in [1.807, 2.05) is 74.6 Å². The Bertz CT molecular complexity index is 1480. The normalized spacial score (nSPS) is 10.8. The molecule has 0 fully saturated rings. The summed E-state index contributed by atoms with van der Waals surface area (Å²) >= 11 is 0. The third-order valence-corrected chi connectivity index (χ3v) is 6.71. The van der Waals surface area contributed by atoms with E-state index in [1.165, 1.54) is 0 Å². The molecule has 220 valence electrons. The van der Waals surface area contributed by atoms with Crippen molar-refractivity contribution in [1.29, 1.82) is 0 Å². The molecule has 0 radical (unpaired) electrons. The number of aromatic nitrogens is 2. The first-order chi connectivity index (χ1) is 20.5. The Hall–Kier alpha value is -4.48. The van der Waals surface area contributed by atoms with Crippen molar-refractivity contribution in [3.63, 3.8) is 0 Å². The minimum Gasteiger partial charge on any atom is -0.494 e. The van der Waals surface area contributed by atoms with E-state index in [2.05, 4.69) is 16.4 Å². The third-order valence-electron chi connectivity index (χ3n) is 6.71. The Morgan fingerprint density at radius 3 is 2.31 bits per heavy atom. The fraction of sp³-hybridized carbons (Fsp3) is 0.353. The molecular weight excluding hydrogens is 530 g/mol. The second kappa shape index (κ2) is 16.1. The minimum atomic E-state index is -0.0655. The van der Waals surface area contributed by atoms with Crippen LogP contribution in [0.4, 0.5) is 5.69 Å². The van der Waals surface area contributed by atoms with Crippen molar-refractivity contribution in [2.24, 2.45) is 0 Å². The molecule has 0 bridgehead atoms. The van der Waals surface area contributed by atoms with Gasteiger partial charge in [-0.25, -0.2) is 0 Å². The summed E-state index contributed by atoms with van der Waals surface area (Å²) in [6.07, 6.45) is 10.8. The van der Waals surface area contributed by atoms with Gasteiger partial charge in [0, 0.05) is 42.3 Å². The number of nitrogens with one attached hydrogen (secondary N) is 1. The van der Waals surface area contributed by atoms with Crippen LogP contribution in [0.25, 0.3) is 11.1 Å². The maximum atomic E-state index is 12.5. The van der Waals surface area contributed by atoms with Crippen LogP contribution in [0.15, 0.2) is 76.2 Å². The molecule has 0 amide bonds. The largest absolute Gasteiger partial charge is 0.494 e. The Morgan fingerprint density at radius 2 is 1.62 bits per heavy atom. The van der Waals surface area contributed by atoms with Crippen LogP contribution in [0.2, 0.25) is 0 Å². The van der Waals surface area contributed by atoms with Gasteiger partial charge in [0.1, 0.15) is 17.3 Å². The van der Waals surface area contributed by atoms with Gasteiger partial charge in [-0.3, -0.25) is 4.79 Å². The molecule has 4 rings (SSSR count). The lowest BCUT2D eigenvalue weighted by Crippen LogP contribution is -2.19. The summed E-state index contributed by atoms with van der Waals surface area (Å²) in [5.41, 5.74) is 4.54. The van der Waals surface area contributed by atoms with Crippen molar-refractivity contribution >= 4 is 5.69 Å². The second-order valence-electron chi connectivity index (χ2n) is 10.0. The van der Waals surface area contributed by atoms with E-state index < -0.39 is 0 Å². The lowest BCUT2D eigenvalue weighted by molar-refractivity contribution is 0.119. The molecule has 2 aromatic heterocycles. The third kappa shape index (κ3) is 9.28. The van der Waals surface area contributed by atoms with Crippen LogP contribution in [0.5, 0.6) is 11.5 Å². The summed E-state index contributed by atoms with van der Waals surface area (Å²) < 4.78 is 24.5. The summed E-state index contributed by atoms with van der Waals surface area (Å²) in [6, 6.07) is 19.1. The predicted molar refractivity (Wildman–Crippen MR) is 165 cm³/mol. The zero-order chi connectivity index (χ0) is 29.6. The molecule has 0 spiro atoms. The van der Waals surface area contributed by atoms with E-state index in [0.717, 1.165) is 77.6 Å². The zero-order valence-corrected chi connectivity index (χ0v) is 24.4. The van der Waals surface area contributed by atoms with Gasteiger partial charge in [-0.05, 0) is 87.6 Å². The SMILES string of the molecule is C#CCNc1ccc(OCCCCOCCCCOc2cccc(Cn3cc(-c4c(C)noc4C)ccc3=O)c2)cc1. The Morgan fingerprint density at radius 1 is 0.905 bits per heavy atom. The standard InChI is InChI=1S/C34H39N3O5/c1-4-18-35-30-13-15-31(16-14-30)40-21-7-5-19-39-20-6-8-22-41-32-11-9-10-28(23-32)24-37-25-29(12-17-33(37)38)34-26(2)36-42-27(34)3/h1,9-17,23,25,35H,5-8,18-22,24H2,2-3H3. The van der Waals surface area contributed by atoms with Crippen molar-refractivity contribution in [3.05, 3.63) is 94.2 Å². The highest BCUT2D eigenvalue weighted by Crippen LogP contribution is 2.26. The fourth-order valence-electron chi connectivity index (χ4n) is 4.54. The van der Waals surface area contributed by atoms with Crippen LogP contribution in [0.3, 0.4) is 0 Å². The molecule has 0 atom stereocenters. The predicted octanol–water partition coefficient (Wildman–Crippen LogP) is 6.25. The molecule has 4 aromatic rings. The van der Waals surface area contributed by atoms with Crippen LogP contribution in [-0.2, 0) is 11.3 Å². The van der Waals surface area contributed by atoms with E-state index in [-0.39, 0.29) is 5.56 Å². The second-order valence-corrected chi connectivity index (χ2v) is 10.0. The number of aryl methyl sites for hydroxylation is 2. The number of ether oxygens (including phenoxy) is 3. The van der Waals surface area contributed by atoms with E-state index >= 15 is 0 Å². The van der Waals surface area contributed by atoms with Crippen LogP contribution < -0.4 is 20.3 Å². The lowest BCUT2D eigenvalue weighted by atomic mass is 10.1. The first-order valence-corrected chi connectivity index (χ1v) is 14.4. The van der Waals surface area contributed by atoms with E-state index in [4.69, 9.17) is 25.2 Å². The van der Waals surface area contributed by atoms with Crippen LogP contribution in [0.1, 0.15) is 42.7 Å². The van der Waals surface area contributed by atoms with E-state index in [9.17, 15) is 4.79 Å². The summed E-state index contributed by atoms with van der Waals surface area (Å²) in [6.45, 7) is 7.43. The molecule has 1 N–H and O–H groups in total. The van der Waals surface area contributed by atoms with Gasteiger partial charge in [-0.2, -0.15) is 0 Å². The van der Waals surface area contributed by atoms with Crippen LogP contribution >= 0.6 is 0 Å². The Balaban J connectivity index is 1.09. The van der Waals surface area contributed by atoms with Gasteiger partial charge < -0.3 is 28.6 Å². The molecule has 0 saturated carbocycles. The van der Waals surface area contributed by atoms with Gasteiger partial charge in [0.2, 0.25) is 0 Å². The van der Waals surface area contributed by atoms with Gasteiger partial charge in [-0.1, -0.05) is 23.2 Å². The number of hydrogen-bond donors (Lipinski definition) is 1. The highest BCUT2D eigenvalue weighted by Gasteiger charge is 2.13.